The smallest absolute Gasteiger partial charge is 0.242 e. The lowest BCUT2D eigenvalue weighted by molar-refractivity contribution is 0.158. The molecule has 3 N–H and O–H groups in total. The summed E-state index contributed by atoms with van der Waals surface area (Å²) in [6.07, 6.45) is 3.24. The second-order valence-electron chi connectivity index (χ2n) is 3.33. The number of nitrogens with one attached hydrogen (secondary N) is 2. The van der Waals surface area contributed by atoms with E-state index in [4.69, 9.17) is 9.84 Å². The molecule has 16 heavy (non-hydrogen) atoms. The lowest BCUT2D eigenvalue weighted by Gasteiger charge is -2.16. The Morgan fingerprint density at radius 3 is 2.88 bits per heavy atom. The number of aliphatic hydroxyl groups is 1. The van der Waals surface area contributed by atoms with Crippen LogP contribution in [0.15, 0.2) is 23.4 Å². The minimum Gasteiger partial charge on any atom is -0.396 e. The average Bonchev–Trinajstić information content (AvgIpc) is 2.71. The van der Waals surface area contributed by atoms with E-state index in [2.05, 4.69) is 9.71 Å². The molecular weight excluding hydrogens is 232 g/mol. The summed E-state index contributed by atoms with van der Waals surface area (Å²) in [6.45, 7) is 0.133. The molecule has 0 aliphatic carbocycles. The molecule has 0 aromatic carbocycles. The van der Waals surface area contributed by atoms with Gasteiger partial charge in [0, 0.05) is 32.2 Å². The van der Waals surface area contributed by atoms with E-state index in [1.165, 1.54) is 25.6 Å². The number of aromatic amines is 1. The van der Waals surface area contributed by atoms with Crippen LogP contribution in [0.1, 0.15) is 6.42 Å². The predicted octanol–water partition coefficient (Wildman–Crippen LogP) is -0.310. The molecule has 6 nitrogen and oxygen atoms in total. The van der Waals surface area contributed by atoms with Crippen LogP contribution >= 0.6 is 0 Å². The predicted molar refractivity (Wildman–Crippen MR) is 58.5 cm³/mol. The summed E-state index contributed by atoms with van der Waals surface area (Å²) in [5, 5.41) is 8.79. The number of rotatable bonds is 7. The molecule has 0 spiro atoms. The molecule has 1 rings (SSSR count). The van der Waals surface area contributed by atoms with E-state index < -0.39 is 16.1 Å². The Morgan fingerprint density at radius 1 is 1.62 bits per heavy atom. The first-order valence-electron chi connectivity index (χ1n) is 4.85. The third-order valence-corrected chi connectivity index (χ3v) is 3.57. The summed E-state index contributed by atoms with van der Waals surface area (Å²) in [5.41, 5.74) is 0. The molecule has 92 valence electrons. The van der Waals surface area contributed by atoms with Gasteiger partial charge in [0.1, 0.15) is 0 Å². The first kappa shape index (κ1) is 13.2. The maximum absolute atomic E-state index is 11.8. The van der Waals surface area contributed by atoms with E-state index in [9.17, 15) is 8.42 Å². The SMILES string of the molecule is COCC(CCO)NS(=O)(=O)c1cc[nH]c1. The van der Waals surface area contributed by atoms with Crippen LogP contribution in [0.5, 0.6) is 0 Å². The number of hydrogen-bond acceptors (Lipinski definition) is 4. The van der Waals surface area contributed by atoms with Crippen molar-refractivity contribution in [3.8, 4) is 0 Å². The summed E-state index contributed by atoms with van der Waals surface area (Å²) in [4.78, 5) is 2.85. The maximum atomic E-state index is 11.8. The molecule has 1 aromatic heterocycles. The zero-order valence-corrected chi connectivity index (χ0v) is 9.83. The van der Waals surface area contributed by atoms with Crippen molar-refractivity contribution >= 4 is 10.0 Å². The van der Waals surface area contributed by atoms with Gasteiger partial charge in [-0.2, -0.15) is 0 Å². The molecular formula is C9H16N2O4S. The molecule has 0 bridgehead atoms. The van der Waals surface area contributed by atoms with Gasteiger partial charge < -0.3 is 14.8 Å². The molecule has 0 aliphatic rings. The van der Waals surface area contributed by atoms with Crippen molar-refractivity contribution in [2.45, 2.75) is 17.4 Å². The fourth-order valence-corrected chi connectivity index (χ4v) is 2.53. The molecule has 1 atom stereocenters. The highest BCUT2D eigenvalue weighted by Crippen LogP contribution is 2.08. The molecule has 0 radical (unpaired) electrons. The molecule has 0 aliphatic heterocycles. The van der Waals surface area contributed by atoms with Crippen molar-refractivity contribution in [3.63, 3.8) is 0 Å². The Morgan fingerprint density at radius 2 is 2.38 bits per heavy atom. The Kier molecular flexibility index (Phi) is 4.94. The van der Waals surface area contributed by atoms with Gasteiger partial charge in [-0.05, 0) is 12.5 Å². The normalized spacial score (nSPS) is 13.9. The molecule has 1 aromatic rings. The van der Waals surface area contributed by atoms with Crippen molar-refractivity contribution in [2.75, 3.05) is 20.3 Å². The van der Waals surface area contributed by atoms with Gasteiger partial charge in [-0.1, -0.05) is 0 Å². The van der Waals surface area contributed by atoms with Crippen LogP contribution in [0.25, 0.3) is 0 Å². The molecule has 1 unspecified atom stereocenters. The largest absolute Gasteiger partial charge is 0.396 e. The third-order valence-electron chi connectivity index (χ3n) is 2.05. The Balaban J connectivity index is 2.70. The van der Waals surface area contributed by atoms with Crippen molar-refractivity contribution in [2.24, 2.45) is 0 Å². The topological polar surface area (TPSA) is 91.4 Å². The Bertz CT molecular complexity index is 382. The van der Waals surface area contributed by atoms with Crippen LogP contribution in [-0.2, 0) is 14.8 Å². The van der Waals surface area contributed by atoms with E-state index in [1.54, 1.807) is 0 Å². The minimum absolute atomic E-state index is 0.0936. The van der Waals surface area contributed by atoms with Crippen LogP contribution in [0.4, 0.5) is 0 Å². The van der Waals surface area contributed by atoms with E-state index >= 15 is 0 Å². The zero-order chi connectivity index (χ0) is 12.0. The van der Waals surface area contributed by atoms with Crippen molar-refractivity contribution < 1.29 is 18.3 Å². The number of sulfonamides is 1. The standard InChI is InChI=1S/C9H16N2O4S/c1-15-7-8(3-5-12)11-16(13,14)9-2-4-10-6-9/h2,4,6,8,10-12H,3,5,7H2,1H3. The second kappa shape index (κ2) is 6.00. The molecule has 0 amide bonds. The Hall–Kier alpha value is -0.890. The zero-order valence-electron chi connectivity index (χ0n) is 9.01. The van der Waals surface area contributed by atoms with Crippen LogP contribution < -0.4 is 4.72 Å². The lowest BCUT2D eigenvalue weighted by Crippen LogP contribution is -2.38. The minimum atomic E-state index is -3.53. The molecule has 0 saturated heterocycles. The molecule has 7 heteroatoms. The quantitative estimate of drug-likeness (QED) is 0.617. The van der Waals surface area contributed by atoms with Gasteiger partial charge in [0.05, 0.1) is 11.5 Å². The van der Waals surface area contributed by atoms with Crippen molar-refractivity contribution in [1.82, 2.24) is 9.71 Å². The summed E-state index contributed by atoms with van der Waals surface area (Å²) in [7, 11) is -2.05. The Labute approximate surface area is 94.7 Å². The second-order valence-corrected chi connectivity index (χ2v) is 5.05. The first-order chi connectivity index (χ1) is 7.60. The van der Waals surface area contributed by atoms with Gasteiger partial charge in [-0.3, -0.25) is 0 Å². The lowest BCUT2D eigenvalue weighted by atomic mass is 10.2. The van der Waals surface area contributed by atoms with Gasteiger partial charge in [0.15, 0.2) is 0 Å². The van der Waals surface area contributed by atoms with Gasteiger partial charge >= 0.3 is 0 Å². The van der Waals surface area contributed by atoms with Crippen molar-refractivity contribution in [3.05, 3.63) is 18.5 Å². The van der Waals surface area contributed by atoms with E-state index in [1.807, 2.05) is 0 Å². The summed E-state index contributed by atoms with van der Waals surface area (Å²) in [6, 6.07) is 1.04. The number of aromatic nitrogens is 1. The highest BCUT2D eigenvalue weighted by Gasteiger charge is 2.19. The van der Waals surface area contributed by atoms with Crippen molar-refractivity contribution in [1.29, 1.82) is 0 Å². The van der Waals surface area contributed by atoms with Gasteiger partial charge in [0.2, 0.25) is 10.0 Å². The number of methoxy groups -OCH3 is 1. The summed E-state index contributed by atoms with van der Waals surface area (Å²) in [5.74, 6) is 0. The van der Waals surface area contributed by atoms with E-state index in [0.29, 0.717) is 6.42 Å². The number of hydrogen-bond donors (Lipinski definition) is 3. The van der Waals surface area contributed by atoms with Crippen LogP contribution in [0.2, 0.25) is 0 Å². The van der Waals surface area contributed by atoms with Gasteiger partial charge in [-0.15, -0.1) is 0 Å². The van der Waals surface area contributed by atoms with E-state index in [-0.39, 0.29) is 18.1 Å². The molecule has 1 heterocycles. The van der Waals surface area contributed by atoms with Crippen LogP contribution in [0, 0.1) is 0 Å². The maximum Gasteiger partial charge on any atom is 0.242 e. The van der Waals surface area contributed by atoms with Crippen LogP contribution in [-0.4, -0.2) is 44.9 Å². The third kappa shape index (κ3) is 3.60. The van der Waals surface area contributed by atoms with Gasteiger partial charge in [0.25, 0.3) is 0 Å². The fourth-order valence-electron chi connectivity index (χ4n) is 1.30. The highest BCUT2D eigenvalue weighted by atomic mass is 32.2. The number of ether oxygens (including phenoxy) is 1. The first-order valence-corrected chi connectivity index (χ1v) is 6.33. The highest BCUT2D eigenvalue weighted by molar-refractivity contribution is 7.89. The van der Waals surface area contributed by atoms with E-state index in [0.717, 1.165) is 0 Å². The number of aliphatic hydroxyl groups excluding tert-OH is 1. The molecule has 0 fully saturated rings. The van der Waals surface area contributed by atoms with Crippen LogP contribution in [0.3, 0.4) is 0 Å². The monoisotopic (exact) mass is 248 g/mol. The molecule has 0 saturated carbocycles. The summed E-state index contributed by atoms with van der Waals surface area (Å²) >= 11 is 0. The fraction of sp³-hybridized carbons (Fsp3) is 0.556. The summed E-state index contributed by atoms with van der Waals surface area (Å²) < 4.78 is 30.9. The number of H-pyrrole nitrogens is 1. The van der Waals surface area contributed by atoms with Gasteiger partial charge in [-0.25, -0.2) is 13.1 Å². The average molecular weight is 248 g/mol.